The summed E-state index contributed by atoms with van der Waals surface area (Å²) in [6, 6.07) is 35.8. The number of hydrogen-bond donors (Lipinski definition) is 2. The minimum atomic E-state index is -0.192. The van der Waals surface area contributed by atoms with Crippen LogP contribution in [-0.4, -0.2) is 23.6 Å². The van der Waals surface area contributed by atoms with Gasteiger partial charge in [-0.3, -0.25) is 15.2 Å². The Hall–Kier alpha value is -3.85. The molecular weight excluding hydrogens is 414 g/mol. The van der Waals surface area contributed by atoms with Crippen molar-refractivity contribution in [3.63, 3.8) is 0 Å². The third-order valence-corrected chi connectivity index (χ3v) is 8.62. The number of benzene rings is 4. The van der Waals surface area contributed by atoms with Gasteiger partial charge in [-0.05, 0) is 22.3 Å². The smallest absolute Gasteiger partial charge is 0.265 e. The fraction of sp³-hybridized carbons (Fsp3) is 0.194. The molecule has 0 aromatic heterocycles. The highest BCUT2D eigenvalue weighted by molar-refractivity contribution is 5.89. The molecule has 2 spiro atoms. The summed E-state index contributed by atoms with van der Waals surface area (Å²) in [5.41, 5.74) is 10.7. The first kappa shape index (κ1) is 18.6. The van der Waals surface area contributed by atoms with Crippen LogP contribution in [0.1, 0.15) is 35.1 Å². The molecule has 0 radical (unpaired) electrons. The summed E-state index contributed by atoms with van der Waals surface area (Å²) in [5.74, 6) is 1.16. The molecule has 2 aliphatic carbocycles. The number of hydrogen-bond acceptors (Lipinski definition) is 2. The van der Waals surface area contributed by atoms with Gasteiger partial charge in [0, 0.05) is 35.1 Å². The van der Waals surface area contributed by atoms with E-state index >= 15 is 0 Å². The zero-order chi connectivity index (χ0) is 22.3. The average Bonchev–Trinajstić information content (AvgIpc) is 3.33. The van der Waals surface area contributed by atoms with Crippen molar-refractivity contribution in [3.8, 4) is 22.3 Å². The lowest BCUT2D eigenvalue weighted by atomic mass is 9.80. The van der Waals surface area contributed by atoms with Gasteiger partial charge >= 0.3 is 5.96 Å². The van der Waals surface area contributed by atoms with Crippen molar-refractivity contribution in [2.75, 3.05) is 13.1 Å². The molecule has 4 aromatic rings. The van der Waals surface area contributed by atoms with Crippen molar-refractivity contribution in [3.05, 3.63) is 119 Å². The Bertz CT molecular complexity index is 1330. The Balaban J connectivity index is 1.29. The topological polar surface area (TPSA) is 27.1 Å². The zero-order valence-electron chi connectivity index (χ0n) is 19.0. The van der Waals surface area contributed by atoms with Crippen molar-refractivity contribution >= 4 is 5.96 Å². The molecular formula is C31H26N3+. The minimum absolute atomic E-state index is 0.192. The molecule has 0 atom stereocenters. The van der Waals surface area contributed by atoms with Gasteiger partial charge in [0.15, 0.2) is 0 Å². The number of nitrogens with one attached hydrogen (secondary N) is 2. The highest BCUT2D eigenvalue weighted by atomic mass is 15.3. The fourth-order valence-electron chi connectivity index (χ4n) is 7.12. The third kappa shape index (κ3) is 2.15. The lowest BCUT2D eigenvalue weighted by Crippen LogP contribution is -2.66. The van der Waals surface area contributed by atoms with Crippen LogP contribution in [0.15, 0.2) is 97.1 Å². The van der Waals surface area contributed by atoms with Gasteiger partial charge < -0.3 is 0 Å². The van der Waals surface area contributed by atoms with E-state index in [1.54, 1.807) is 0 Å². The lowest BCUT2D eigenvalue weighted by Gasteiger charge is -2.42. The summed E-state index contributed by atoms with van der Waals surface area (Å²) in [6.45, 7) is 2.08. The lowest BCUT2D eigenvalue weighted by molar-refractivity contribution is -0.546. The van der Waals surface area contributed by atoms with Crippen molar-refractivity contribution in [1.29, 1.82) is 0 Å². The van der Waals surface area contributed by atoms with E-state index in [9.17, 15) is 0 Å². The van der Waals surface area contributed by atoms with E-state index in [0.717, 1.165) is 31.9 Å². The average molecular weight is 441 g/mol. The van der Waals surface area contributed by atoms with Crippen molar-refractivity contribution in [2.45, 2.75) is 23.9 Å². The number of nitrogens with zero attached hydrogens (tertiary/aromatic N) is 1. The molecule has 2 N–H and O–H groups in total. The fourth-order valence-corrected chi connectivity index (χ4v) is 7.12. The normalized spacial score (nSPS) is 19.5. The van der Waals surface area contributed by atoms with Gasteiger partial charge in [0.25, 0.3) is 0 Å². The Morgan fingerprint density at radius 3 is 1.15 bits per heavy atom. The summed E-state index contributed by atoms with van der Waals surface area (Å²) in [7, 11) is 0. The van der Waals surface area contributed by atoms with Crippen LogP contribution < -0.4 is 10.6 Å². The molecule has 4 aromatic carbocycles. The van der Waals surface area contributed by atoms with E-state index in [0.29, 0.717) is 0 Å². The Morgan fingerprint density at radius 1 is 0.471 bits per heavy atom. The van der Waals surface area contributed by atoms with E-state index in [1.807, 2.05) is 0 Å². The first-order valence-corrected chi connectivity index (χ1v) is 12.4. The van der Waals surface area contributed by atoms with Crippen molar-refractivity contribution in [2.24, 2.45) is 0 Å². The molecule has 8 rings (SSSR count). The van der Waals surface area contributed by atoms with Crippen LogP contribution in [0.25, 0.3) is 22.3 Å². The Morgan fingerprint density at radius 2 is 0.794 bits per heavy atom. The molecule has 2 heterocycles. The van der Waals surface area contributed by atoms with Crippen LogP contribution in [0, 0.1) is 0 Å². The molecule has 0 saturated carbocycles. The second-order valence-corrected chi connectivity index (χ2v) is 10.1. The van der Waals surface area contributed by atoms with Gasteiger partial charge in [0.05, 0.1) is 13.1 Å². The third-order valence-electron chi connectivity index (χ3n) is 8.62. The maximum absolute atomic E-state index is 4.09. The van der Waals surface area contributed by atoms with E-state index in [2.05, 4.69) is 112 Å². The molecule has 0 unspecified atom stereocenters. The van der Waals surface area contributed by atoms with Gasteiger partial charge in [0.2, 0.25) is 0 Å². The van der Waals surface area contributed by atoms with E-state index < -0.39 is 0 Å². The van der Waals surface area contributed by atoms with Crippen LogP contribution in [0.3, 0.4) is 0 Å². The van der Waals surface area contributed by atoms with Gasteiger partial charge in [-0.15, -0.1) is 0 Å². The Kier molecular flexibility index (Phi) is 3.49. The largest absolute Gasteiger partial charge is 0.347 e. The van der Waals surface area contributed by atoms with Crippen LogP contribution in [-0.2, 0) is 11.1 Å². The second kappa shape index (κ2) is 6.38. The van der Waals surface area contributed by atoms with Gasteiger partial charge in [-0.25, -0.2) is 0 Å². The maximum Gasteiger partial charge on any atom is 0.347 e. The van der Waals surface area contributed by atoms with Crippen LogP contribution >= 0.6 is 0 Å². The molecule has 0 amide bonds. The molecule has 164 valence electrons. The number of fused-ring (bicyclic) bond motifs is 10. The quantitative estimate of drug-likeness (QED) is 0.368. The summed E-state index contributed by atoms with van der Waals surface area (Å²) in [6.07, 6.45) is 2.12. The molecule has 2 aliphatic heterocycles. The standard InChI is InChI=1S/C31H25N3/c1-5-13-25-21(9-1)22-10-2-6-14-26(22)30(25)17-19-34-20-18-31(33-29(34)32-30)27-15-7-3-11-23(27)24-12-4-8-16-28(24)31/h1-16H,17-20H2,(H,32,33)/p+1. The molecule has 0 fully saturated rings. The van der Waals surface area contributed by atoms with Crippen LogP contribution in [0.2, 0.25) is 0 Å². The summed E-state index contributed by atoms with van der Waals surface area (Å²) < 4.78 is 2.52. The summed E-state index contributed by atoms with van der Waals surface area (Å²) in [5, 5.41) is 8.17. The first-order valence-electron chi connectivity index (χ1n) is 12.4. The highest BCUT2D eigenvalue weighted by Crippen LogP contribution is 2.52. The summed E-state index contributed by atoms with van der Waals surface area (Å²) in [4.78, 5) is 0. The molecule has 0 saturated heterocycles. The number of guanidine groups is 1. The summed E-state index contributed by atoms with van der Waals surface area (Å²) >= 11 is 0. The number of rotatable bonds is 0. The first-order chi connectivity index (χ1) is 16.8. The highest BCUT2D eigenvalue weighted by Gasteiger charge is 2.55. The maximum atomic E-state index is 4.09. The molecule has 4 aliphatic rings. The van der Waals surface area contributed by atoms with E-state index in [4.69, 9.17) is 0 Å². The molecule has 34 heavy (non-hydrogen) atoms. The van der Waals surface area contributed by atoms with Crippen LogP contribution in [0.5, 0.6) is 0 Å². The van der Waals surface area contributed by atoms with Gasteiger partial charge in [0.1, 0.15) is 11.1 Å². The molecule has 3 nitrogen and oxygen atoms in total. The Labute approximate surface area is 199 Å². The van der Waals surface area contributed by atoms with Crippen molar-refractivity contribution in [1.82, 2.24) is 10.6 Å². The van der Waals surface area contributed by atoms with Gasteiger partial charge in [-0.2, -0.15) is 0 Å². The monoisotopic (exact) mass is 440 g/mol. The van der Waals surface area contributed by atoms with E-state index in [1.165, 1.54) is 44.5 Å². The SMILES string of the molecule is c1ccc2c(c1)-c1ccccc1C21CC[N+]2=C(N1)NC1(CC2)c2ccccc2-c2ccccc21. The molecule has 3 heteroatoms. The molecule has 0 bridgehead atoms. The van der Waals surface area contributed by atoms with E-state index in [-0.39, 0.29) is 11.1 Å². The predicted molar refractivity (Wildman–Crippen MR) is 136 cm³/mol. The predicted octanol–water partition coefficient (Wildman–Crippen LogP) is 5.19. The van der Waals surface area contributed by atoms with Crippen molar-refractivity contribution < 1.29 is 4.58 Å². The second-order valence-electron chi connectivity index (χ2n) is 10.1. The van der Waals surface area contributed by atoms with Crippen LogP contribution in [0.4, 0.5) is 0 Å². The minimum Gasteiger partial charge on any atom is -0.265 e. The zero-order valence-corrected chi connectivity index (χ0v) is 19.0. The van der Waals surface area contributed by atoms with Gasteiger partial charge in [-0.1, -0.05) is 97.1 Å².